The van der Waals surface area contributed by atoms with Gasteiger partial charge in [0, 0.05) is 26.2 Å². The van der Waals surface area contributed by atoms with Crippen LogP contribution in [0.25, 0.3) is 0 Å². The van der Waals surface area contributed by atoms with Gasteiger partial charge in [0.2, 0.25) is 5.91 Å². The Kier molecular flexibility index (Phi) is 8.67. The van der Waals surface area contributed by atoms with E-state index in [0.29, 0.717) is 5.92 Å². The van der Waals surface area contributed by atoms with Crippen molar-refractivity contribution in [2.24, 2.45) is 5.92 Å². The predicted octanol–water partition coefficient (Wildman–Crippen LogP) is 2.33. The number of ether oxygens (including phenoxy) is 1. The Hall–Kier alpha value is -0.260. The molecule has 1 aliphatic rings. The van der Waals surface area contributed by atoms with Crippen LogP contribution in [0, 0.1) is 5.92 Å². The van der Waals surface area contributed by atoms with Crippen LogP contribution in [-0.4, -0.2) is 72.6 Å². The van der Waals surface area contributed by atoms with Crippen molar-refractivity contribution >= 4 is 17.7 Å². The van der Waals surface area contributed by atoms with Crippen molar-refractivity contribution in [2.75, 3.05) is 45.6 Å². The van der Waals surface area contributed by atoms with E-state index in [0.717, 1.165) is 45.0 Å². The van der Waals surface area contributed by atoms with Crippen LogP contribution in [0.3, 0.4) is 0 Å². The molecule has 124 valence electrons. The summed E-state index contributed by atoms with van der Waals surface area (Å²) in [5.41, 5.74) is 0. The van der Waals surface area contributed by atoms with Crippen molar-refractivity contribution in [2.45, 2.75) is 45.4 Å². The van der Waals surface area contributed by atoms with Crippen molar-refractivity contribution in [3.05, 3.63) is 0 Å². The summed E-state index contributed by atoms with van der Waals surface area (Å²) >= 11 is 1.82. The van der Waals surface area contributed by atoms with E-state index in [9.17, 15) is 4.79 Å². The molecule has 21 heavy (non-hydrogen) atoms. The Labute approximate surface area is 134 Å². The molecule has 0 N–H and O–H groups in total. The number of morpholine rings is 1. The van der Waals surface area contributed by atoms with Gasteiger partial charge in [0.15, 0.2) is 0 Å². The van der Waals surface area contributed by atoms with E-state index >= 15 is 0 Å². The molecule has 1 rings (SSSR count). The van der Waals surface area contributed by atoms with E-state index < -0.39 is 0 Å². The molecule has 1 amide bonds. The minimum Gasteiger partial charge on any atom is -0.379 e. The number of hydrogen-bond acceptors (Lipinski definition) is 4. The third kappa shape index (κ3) is 6.57. The number of carbonyl (C=O) groups is 1. The molecule has 0 aliphatic carbocycles. The SMILES string of the molecule is CC(C)[C@H](SCCCN1CCOCC1)C(=O)N(C)C(C)C. The van der Waals surface area contributed by atoms with Gasteiger partial charge in [-0.15, -0.1) is 11.8 Å². The lowest BCUT2D eigenvalue weighted by molar-refractivity contribution is -0.131. The predicted molar refractivity (Wildman–Crippen MR) is 90.9 cm³/mol. The highest BCUT2D eigenvalue weighted by atomic mass is 32.2. The molecule has 0 unspecified atom stereocenters. The summed E-state index contributed by atoms with van der Waals surface area (Å²) in [5, 5.41) is 0.0853. The molecule has 1 fully saturated rings. The Morgan fingerprint density at radius 2 is 1.86 bits per heavy atom. The molecule has 0 aromatic heterocycles. The summed E-state index contributed by atoms with van der Waals surface area (Å²) in [6, 6.07) is 0.271. The van der Waals surface area contributed by atoms with Crippen molar-refractivity contribution in [3.8, 4) is 0 Å². The fraction of sp³-hybridized carbons (Fsp3) is 0.938. The van der Waals surface area contributed by atoms with Gasteiger partial charge in [0.25, 0.3) is 0 Å². The maximum absolute atomic E-state index is 12.5. The molecule has 0 saturated carbocycles. The molecule has 1 aliphatic heterocycles. The second-order valence-corrected chi connectivity index (χ2v) is 7.64. The highest BCUT2D eigenvalue weighted by Gasteiger charge is 2.26. The molecule has 0 bridgehead atoms. The molecule has 1 heterocycles. The van der Waals surface area contributed by atoms with Crippen molar-refractivity contribution < 1.29 is 9.53 Å². The first-order valence-corrected chi connectivity index (χ1v) is 9.16. The summed E-state index contributed by atoms with van der Waals surface area (Å²) in [7, 11) is 1.91. The number of hydrogen-bond donors (Lipinski definition) is 0. The molecule has 1 atom stereocenters. The Bertz CT molecular complexity index is 305. The van der Waals surface area contributed by atoms with Crippen molar-refractivity contribution in [1.82, 2.24) is 9.80 Å². The number of thioether (sulfide) groups is 1. The van der Waals surface area contributed by atoms with Gasteiger partial charge in [0.1, 0.15) is 0 Å². The summed E-state index contributed by atoms with van der Waals surface area (Å²) in [5.74, 6) is 1.71. The molecule has 1 saturated heterocycles. The highest BCUT2D eigenvalue weighted by molar-refractivity contribution is 8.00. The van der Waals surface area contributed by atoms with Crippen molar-refractivity contribution in [3.63, 3.8) is 0 Å². The normalized spacial score (nSPS) is 18.2. The van der Waals surface area contributed by atoms with E-state index in [1.165, 1.54) is 0 Å². The van der Waals surface area contributed by atoms with Crippen LogP contribution in [0.2, 0.25) is 0 Å². The van der Waals surface area contributed by atoms with Crippen LogP contribution in [0.5, 0.6) is 0 Å². The number of nitrogens with zero attached hydrogens (tertiary/aromatic N) is 2. The smallest absolute Gasteiger partial charge is 0.235 e. The minimum absolute atomic E-state index is 0.0853. The zero-order valence-corrected chi connectivity index (χ0v) is 15.1. The zero-order chi connectivity index (χ0) is 15.8. The topological polar surface area (TPSA) is 32.8 Å². The summed E-state index contributed by atoms with van der Waals surface area (Å²) in [6.07, 6.45) is 1.15. The number of rotatable bonds is 8. The van der Waals surface area contributed by atoms with E-state index in [2.05, 4.69) is 32.6 Å². The molecular formula is C16H32N2O2S. The average Bonchev–Trinajstić information content (AvgIpc) is 2.46. The third-order valence-electron chi connectivity index (χ3n) is 3.99. The first kappa shape index (κ1) is 18.8. The summed E-state index contributed by atoms with van der Waals surface area (Å²) in [4.78, 5) is 16.8. The van der Waals surface area contributed by atoms with Gasteiger partial charge in [-0.05, 0) is 38.5 Å². The van der Waals surface area contributed by atoms with E-state index in [1.807, 2.05) is 23.7 Å². The molecule has 5 heteroatoms. The Morgan fingerprint density at radius 1 is 1.24 bits per heavy atom. The van der Waals surface area contributed by atoms with Crippen LogP contribution in [0.1, 0.15) is 34.1 Å². The van der Waals surface area contributed by atoms with Crippen molar-refractivity contribution in [1.29, 1.82) is 0 Å². The summed E-state index contributed by atoms with van der Waals surface area (Å²) < 4.78 is 5.36. The van der Waals surface area contributed by atoms with E-state index in [-0.39, 0.29) is 17.2 Å². The zero-order valence-electron chi connectivity index (χ0n) is 14.3. The molecule has 0 radical (unpaired) electrons. The second kappa shape index (κ2) is 9.70. The lowest BCUT2D eigenvalue weighted by Gasteiger charge is -2.29. The van der Waals surface area contributed by atoms with Gasteiger partial charge in [-0.25, -0.2) is 0 Å². The largest absolute Gasteiger partial charge is 0.379 e. The van der Waals surface area contributed by atoms with Crippen LogP contribution in [0.15, 0.2) is 0 Å². The van der Waals surface area contributed by atoms with Gasteiger partial charge in [-0.2, -0.15) is 0 Å². The number of carbonyl (C=O) groups excluding carboxylic acids is 1. The van der Waals surface area contributed by atoms with Gasteiger partial charge in [-0.1, -0.05) is 13.8 Å². The first-order chi connectivity index (χ1) is 9.93. The van der Waals surface area contributed by atoms with Crippen LogP contribution in [-0.2, 0) is 9.53 Å². The average molecular weight is 317 g/mol. The lowest BCUT2D eigenvalue weighted by atomic mass is 10.1. The van der Waals surface area contributed by atoms with E-state index in [4.69, 9.17) is 4.74 Å². The fourth-order valence-corrected chi connectivity index (χ4v) is 3.57. The maximum atomic E-state index is 12.5. The highest BCUT2D eigenvalue weighted by Crippen LogP contribution is 2.23. The molecule has 0 aromatic rings. The molecule has 0 spiro atoms. The van der Waals surface area contributed by atoms with Crippen LogP contribution < -0.4 is 0 Å². The fourth-order valence-electron chi connectivity index (χ4n) is 2.33. The van der Waals surface area contributed by atoms with Gasteiger partial charge in [0.05, 0.1) is 18.5 Å². The first-order valence-electron chi connectivity index (χ1n) is 8.11. The van der Waals surface area contributed by atoms with Crippen LogP contribution in [0.4, 0.5) is 0 Å². The van der Waals surface area contributed by atoms with E-state index in [1.54, 1.807) is 0 Å². The molecular weight excluding hydrogens is 284 g/mol. The lowest BCUT2D eigenvalue weighted by Crippen LogP contribution is -2.41. The maximum Gasteiger partial charge on any atom is 0.235 e. The molecule has 0 aromatic carbocycles. The second-order valence-electron chi connectivity index (χ2n) is 6.39. The quantitative estimate of drug-likeness (QED) is 0.644. The van der Waals surface area contributed by atoms with Crippen LogP contribution >= 0.6 is 11.8 Å². The van der Waals surface area contributed by atoms with Gasteiger partial charge < -0.3 is 9.64 Å². The Morgan fingerprint density at radius 3 is 2.38 bits per heavy atom. The monoisotopic (exact) mass is 316 g/mol. The number of amides is 1. The minimum atomic E-state index is 0.0853. The Balaban J connectivity index is 2.32. The summed E-state index contributed by atoms with van der Waals surface area (Å²) in [6.45, 7) is 13.4. The van der Waals surface area contributed by atoms with Gasteiger partial charge in [-0.3, -0.25) is 9.69 Å². The standard InChI is InChI=1S/C16H32N2O2S/c1-13(2)15(16(19)17(5)14(3)4)21-12-6-7-18-8-10-20-11-9-18/h13-15H,6-12H2,1-5H3/t15-/m0/s1. The molecule has 4 nitrogen and oxygen atoms in total. The third-order valence-corrected chi connectivity index (χ3v) is 5.62. The van der Waals surface area contributed by atoms with Gasteiger partial charge >= 0.3 is 0 Å².